The highest BCUT2D eigenvalue weighted by Crippen LogP contribution is 2.22. The van der Waals surface area contributed by atoms with E-state index in [1.54, 1.807) is 12.1 Å². The first-order chi connectivity index (χ1) is 10.2. The van der Waals surface area contributed by atoms with Gasteiger partial charge in [0, 0.05) is 18.0 Å². The van der Waals surface area contributed by atoms with Crippen molar-refractivity contribution >= 4 is 17.7 Å². The van der Waals surface area contributed by atoms with Crippen LogP contribution in [0.1, 0.15) is 19.3 Å². The number of likely N-dealkylation sites (tertiary alicyclic amines) is 1. The van der Waals surface area contributed by atoms with E-state index in [0.29, 0.717) is 5.75 Å². The monoisotopic (exact) mass is 310 g/mol. The highest BCUT2D eigenvalue weighted by Gasteiger charge is 2.22. The van der Waals surface area contributed by atoms with E-state index in [1.165, 1.54) is 30.3 Å². The molecule has 5 heteroatoms. The topological polar surface area (TPSA) is 32.3 Å². The third kappa shape index (κ3) is 5.32. The fourth-order valence-electron chi connectivity index (χ4n) is 2.59. The highest BCUT2D eigenvalue weighted by atomic mass is 32.2. The van der Waals surface area contributed by atoms with Crippen LogP contribution in [0.2, 0.25) is 0 Å². The molecule has 116 valence electrons. The Bertz CT molecular complexity index is 444. The van der Waals surface area contributed by atoms with E-state index in [2.05, 4.69) is 5.32 Å². The minimum absolute atomic E-state index is 0.191. The summed E-state index contributed by atoms with van der Waals surface area (Å²) in [7, 11) is 1.98. The van der Waals surface area contributed by atoms with E-state index in [0.717, 1.165) is 43.3 Å². The van der Waals surface area contributed by atoms with Gasteiger partial charge in [0.2, 0.25) is 5.91 Å². The van der Waals surface area contributed by atoms with E-state index in [4.69, 9.17) is 0 Å². The molecule has 1 saturated heterocycles. The van der Waals surface area contributed by atoms with Crippen molar-refractivity contribution in [3.63, 3.8) is 0 Å². The number of benzene rings is 1. The predicted octanol–water partition coefficient (Wildman–Crippen LogP) is 2.77. The van der Waals surface area contributed by atoms with Crippen LogP contribution < -0.4 is 5.32 Å². The first-order valence-corrected chi connectivity index (χ1v) is 8.48. The molecule has 0 spiro atoms. The summed E-state index contributed by atoms with van der Waals surface area (Å²) in [5.41, 5.74) is 0. The van der Waals surface area contributed by atoms with Crippen molar-refractivity contribution < 1.29 is 9.18 Å². The van der Waals surface area contributed by atoms with Crippen LogP contribution in [0.5, 0.6) is 0 Å². The second kappa shape index (κ2) is 8.39. The van der Waals surface area contributed by atoms with Crippen LogP contribution in [0.4, 0.5) is 4.39 Å². The Labute approximate surface area is 130 Å². The Hall–Kier alpha value is -1.07. The number of piperidine rings is 1. The molecule has 21 heavy (non-hydrogen) atoms. The molecule has 0 aromatic heterocycles. The van der Waals surface area contributed by atoms with Gasteiger partial charge in [-0.1, -0.05) is 0 Å². The average molecular weight is 310 g/mol. The molecule has 1 N–H and O–H groups in total. The van der Waals surface area contributed by atoms with Gasteiger partial charge in [-0.3, -0.25) is 4.79 Å². The molecule has 0 aliphatic carbocycles. The smallest absolute Gasteiger partial charge is 0.232 e. The number of nitrogens with one attached hydrogen (secondary N) is 1. The largest absolute Gasteiger partial charge is 0.342 e. The molecule has 3 nitrogen and oxygen atoms in total. The lowest BCUT2D eigenvalue weighted by Crippen LogP contribution is -2.39. The summed E-state index contributed by atoms with van der Waals surface area (Å²) in [6.07, 6.45) is 3.41. The summed E-state index contributed by atoms with van der Waals surface area (Å²) in [6.45, 7) is 2.80. The summed E-state index contributed by atoms with van der Waals surface area (Å²) in [5.74, 6) is 1.13. The molecule has 0 bridgehead atoms. The van der Waals surface area contributed by atoms with Gasteiger partial charge in [0.25, 0.3) is 0 Å². The van der Waals surface area contributed by atoms with E-state index < -0.39 is 0 Å². The van der Waals surface area contributed by atoms with Crippen LogP contribution >= 0.6 is 11.8 Å². The fraction of sp³-hybridized carbons (Fsp3) is 0.562. The molecule has 1 aliphatic rings. The first-order valence-electron chi connectivity index (χ1n) is 7.50. The van der Waals surface area contributed by atoms with Gasteiger partial charge >= 0.3 is 0 Å². The summed E-state index contributed by atoms with van der Waals surface area (Å²) in [4.78, 5) is 15.1. The summed E-state index contributed by atoms with van der Waals surface area (Å²) in [6, 6.07) is 6.30. The number of hydrogen-bond acceptors (Lipinski definition) is 3. The molecule has 1 heterocycles. The molecule has 0 atom stereocenters. The second-order valence-corrected chi connectivity index (χ2v) is 6.51. The van der Waals surface area contributed by atoms with Crippen LogP contribution in [0, 0.1) is 11.7 Å². The van der Waals surface area contributed by atoms with Gasteiger partial charge < -0.3 is 10.2 Å². The average Bonchev–Trinajstić information content (AvgIpc) is 2.52. The van der Waals surface area contributed by atoms with E-state index in [-0.39, 0.29) is 11.7 Å². The number of rotatable bonds is 6. The zero-order chi connectivity index (χ0) is 15.1. The Morgan fingerprint density at radius 2 is 2.00 bits per heavy atom. The lowest BCUT2D eigenvalue weighted by atomic mass is 9.93. The van der Waals surface area contributed by atoms with Crippen molar-refractivity contribution in [2.45, 2.75) is 24.2 Å². The van der Waals surface area contributed by atoms with Crippen molar-refractivity contribution in [2.24, 2.45) is 5.92 Å². The maximum atomic E-state index is 12.8. The zero-order valence-corrected chi connectivity index (χ0v) is 13.3. The lowest BCUT2D eigenvalue weighted by Gasteiger charge is -2.32. The van der Waals surface area contributed by atoms with Crippen molar-refractivity contribution in [1.29, 1.82) is 0 Å². The highest BCUT2D eigenvalue weighted by molar-refractivity contribution is 8.00. The molecular weight excluding hydrogens is 287 g/mol. The summed E-state index contributed by atoms with van der Waals surface area (Å²) < 4.78 is 12.8. The molecule has 1 fully saturated rings. The van der Waals surface area contributed by atoms with Gasteiger partial charge in [-0.2, -0.15) is 0 Å². The fourth-order valence-corrected chi connectivity index (χ4v) is 3.39. The maximum Gasteiger partial charge on any atom is 0.232 e. The third-order valence-electron chi connectivity index (χ3n) is 3.95. The molecule has 1 amide bonds. The molecule has 0 saturated carbocycles. The van der Waals surface area contributed by atoms with Crippen LogP contribution in [0.15, 0.2) is 29.2 Å². The Balaban J connectivity index is 1.71. The zero-order valence-electron chi connectivity index (χ0n) is 12.5. The quantitative estimate of drug-likeness (QED) is 0.820. The van der Waals surface area contributed by atoms with E-state index in [1.807, 2.05) is 11.9 Å². The normalized spacial score (nSPS) is 16.2. The molecular formula is C16H23FN2OS. The second-order valence-electron chi connectivity index (χ2n) is 5.46. The van der Waals surface area contributed by atoms with E-state index in [9.17, 15) is 9.18 Å². The van der Waals surface area contributed by atoms with Crippen molar-refractivity contribution in [2.75, 3.05) is 32.4 Å². The third-order valence-corrected chi connectivity index (χ3v) is 4.94. The first kappa shape index (κ1) is 16.3. The number of hydrogen-bond donors (Lipinski definition) is 1. The Kier molecular flexibility index (Phi) is 6.51. The number of carbonyl (C=O) groups is 1. The Morgan fingerprint density at radius 3 is 2.62 bits per heavy atom. The van der Waals surface area contributed by atoms with Crippen molar-refractivity contribution in [3.8, 4) is 0 Å². The van der Waals surface area contributed by atoms with Gasteiger partial charge in [-0.15, -0.1) is 11.8 Å². The van der Waals surface area contributed by atoms with Crippen LogP contribution in [-0.2, 0) is 4.79 Å². The van der Waals surface area contributed by atoms with E-state index >= 15 is 0 Å². The van der Waals surface area contributed by atoms with Gasteiger partial charge in [0.15, 0.2) is 0 Å². The summed E-state index contributed by atoms with van der Waals surface area (Å²) in [5, 5.41) is 3.18. The number of thioether (sulfide) groups is 1. The number of halogens is 1. The molecule has 2 rings (SSSR count). The number of amides is 1. The molecule has 1 aliphatic heterocycles. The Morgan fingerprint density at radius 1 is 1.33 bits per heavy atom. The number of nitrogens with zero attached hydrogens (tertiary/aromatic N) is 1. The maximum absolute atomic E-state index is 12.8. The molecule has 1 aromatic carbocycles. The summed E-state index contributed by atoms with van der Waals surface area (Å²) >= 11 is 1.48. The van der Waals surface area contributed by atoms with Crippen molar-refractivity contribution in [3.05, 3.63) is 30.1 Å². The molecule has 0 radical (unpaired) electrons. The lowest BCUT2D eigenvalue weighted by molar-refractivity contribution is -0.129. The molecule has 0 unspecified atom stereocenters. The van der Waals surface area contributed by atoms with Crippen LogP contribution in [0.25, 0.3) is 0 Å². The standard InChI is InChI=1S/C16H23FN2OS/c1-18-9-6-13-7-10-19(11-8-13)16(20)12-21-15-4-2-14(17)3-5-15/h2-5,13,18H,6-12H2,1H3. The predicted molar refractivity (Wildman–Crippen MR) is 85.0 cm³/mol. The van der Waals surface area contributed by atoms with Crippen LogP contribution in [-0.4, -0.2) is 43.2 Å². The number of carbonyl (C=O) groups excluding carboxylic acids is 1. The van der Waals surface area contributed by atoms with Crippen LogP contribution in [0.3, 0.4) is 0 Å². The SMILES string of the molecule is CNCCC1CCN(C(=O)CSc2ccc(F)cc2)CC1. The van der Waals surface area contributed by atoms with Gasteiger partial charge in [-0.05, 0) is 63.0 Å². The van der Waals surface area contributed by atoms with Crippen molar-refractivity contribution in [1.82, 2.24) is 10.2 Å². The minimum atomic E-state index is -0.241. The van der Waals surface area contributed by atoms with Gasteiger partial charge in [0.1, 0.15) is 5.82 Å². The van der Waals surface area contributed by atoms with Gasteiger partial charge in [-0.25, -0.2) is 4.39 Å². The molecule has 1 aromatic rings. The minimum Gasteiger partial charge on any atom is -0.342 e. The van der Waals surface area contributed by atoms with Gasteiger partial charge in [0.05, 0.1) is 5.75 Å².